The molecule has 0 aliphatic heterocycles. The van der Waals surface area contributed by atoms with E-state index in [4.69, 9.17) is 9.84 Å². The molecule has 1 aromatic rings. The van der Waals surface area contributed by atoms with Crippen LogP contribution < -0.4 is 10.1 Å². The topological polar surface area (TPSA) is 84.9 Å². The lowest BCUT2D eigenvalue weighted by Gasteiger charge is -2.10. The molecule has 6 nitrogen and oxygen atoms in total. The zero-order chi connectivity index (χ0) is 12.8. The fourth-order valence-corrected chi connectivity index (χ4v) is 1.28. The lowest BCUT2D eigenvalue weighted by atomic mass is 10.2. The summed E-state index contributed by atoms with van der Waals surface area (Å²) in [5, 5.41) is 11.0. The highest BCUT2D eigenvalue weighted by molar-refractivity contribution is 5.90. The van der Waals surface area contributed by atoms with Gasteiger partial charge in [-0.15, -0.1) is 0 Å². The van der Waals surface area contributed by atoms with Crippen molar-refractivity contribution < 1.29 is 24.2 Å². The zero-order valence-electron chi connectivity index (χ0n) is 9.52. The minimum absolute atomic E-state index is 0.0775. The van der Waals surface area contributed by atoms with Gasteiger partial charge in [0, 0.05) is 6.92 Å². The third-order valence-electron chi connectivity index (χ3n) is 1.94. The lowest BCUT2D eigenvalue weighted by molar-refractivity contribution is -0.114. The summed E-state index contributed by atoms with van der Waals surface area (Å²) in [6.07, 6.45) is -1.35. The molecule has 0 aromatic heterocycles. The van der Waals surface area contributed by atoms with Crippen LogP contribution in [0.25, 0.3) is 0 Å². The summed E-state index contributed by atoms with van der Waals surface area (Å²) in [4.78, 5) is 21.2. The highest BCUT2D eigenvalue weighted by Gasteiger charge is 2.07. The fraction of sp³-hybridized carbons (Fsp3) is 0.273. The van der Waals surface area contributed by atoms with Gasteiger partial charge in [0.1, 0.15) is 12.4 Å². The summed E-state index contributed by atoms with van der Waals surface area (Å²) < 4.78 is 9.48. The van der Waals surface area contributed by atoms with Crippen LogP contribution in [0.15, 0.2) is 18.2 Å². The Balaban J connectivity index is 2.87. The molecule has 0 radical (unpaired) electrons. The number of benzene rings is 1. The Morgan fingerprint density at radius 1 is 1.41 bits per heavy atom. The van der Waals surface area contributed by atoms with Crippen LogP contribution in [0.5, 0.6) is 5.75 Å². The van der Waals surface area contributed by atoms with Crippen LogP contribution in [-0.2, 0) is 16.1 Å². The first-order valence-electron chi connectivity index (χ1n) is 4.83. The van der Waals surface area contributed by atoms with Crippen molar-refractivity contribution in [2.45, 2.75) is 13.5 Å². The number of nitrogens with one attached hydrogen (secondary N) is 1. The quantitative estimate of drug-likeness (QED) is 0.783. The Morgan fingerprint density at radius 3 is 2.65 bits per heavy atom. The van der Waals surface area contributed by atoms with E-state index in [9.17, 15) is 9.59 Å². The minimum Gasteiger partial charge on any atom is -0.495 e. The molecule has 0 atom stereocenters. The van der Waals surface area contributed by atoms with Crippen molar-refractivity contribution in [3.8, 4) is 5.75 Å². The first kappa shape index (κ1) is 12.8. The van der Waals surface area contributed by atoms with Crippen LogP contribution in [0.1, 0.15) is 12.5 Å². The van der Waals surface area contributed by atoms with Gasteiger partial charge < -0.3 is 19.9 Å². The van der Waals surface area contributed by atoms with E-state index < -0.39 is 6.16 Å². The average Bonchev–Trinajstić information content (AvgIpc) is 2.25. The molecule has 2 N–H and O–H groups in total. The number of methoxy groups -OCH3 is 1. The molecule has 0 spiro atoms. The van der Waals surface area contributed by atoms with Gasteiger partial charge in [0.05, 0.1) is 12.8 Å². The van der Waals surface area contributed by atoms with Crippen molar-refractivity contribution in [3.63, 3.8) is 0 Å². The number of carbonyl (C=O) groups is 2. The molecule has 0 unspecified atom stereocenters. The highest BCUT2D eigenvalue weighted by Crippen LogP contribution is 2.25. The molecular weight excluding hydrogens is 226 g/mol. The zero-order valence-corrected chi connectivity index (χ0v) is 9.52. The van der Waals surface area contributed by atoms with Crippen molar-refractivity contribution in [2.75, 3.05) is 12.4 Å². The molecule has 1 rings (SSSR count). The number of rotatable bonds is 4. The molecule has 0 aliphatic rings. The van der Waals surface area contributed by atoms with E-state index in [0.29, 0.717) is 17.0 Å². The van der Waals surface area contributed by atoms with Gasteiger partial charge in [-0.1, -0.05) is 6.07 Å². The van der Waals surface area contributed by atoms with E-state index in [1.54, 1.807) is 18.2 Å². The van der Waals surface area contributed by atoms with E-state index in [-0.39, 0.29) is 12.5 Å². The van der Waals surface area contributed by atoms with E-state index in [1.165, 1.54) is 14.0 Å². The number of ether oxygens (including phenoxy) is 2. The maximum Gasteiger partial charge on any atom is 0.506 e. The first-order valence-corrected chi connectivity index (χ1v) is 4.83. The first-order chi connectivity index (χ1) is 8.02. The predicted molar refractivity (Wildman–Crippen MR) is 60.1 cm³/mol. The fourth-order valence-electron chi connectivity index (χ4n) is 1.28. The van der Waals surface area contributed by atoms with Crippen LogP contribution >= 0.6 is 0 Å². The standard InChI is InChI=1S/C11H13NO5/c1-7(13)12-9-5-8(6-17-11(14)15)3-4-10(9)16-2/h3-5H,6H2,1-2H3,(H,12,13)(H,14,15). The van der Waals surface area contributed by atoms with Crippen LogP contribution in [0.3, 0.4) is 0 Å². The number of carbonyl (C=O) groups excluding carboxylic acids is 1. The molecule has 0 saturated carbocycles. The van der Waals surface area contributed by atoms with Gasteiger partial charge in [-0.25, -0.2) is 4.79 Å². The van der Waals surface area contributed by atoms with Crippen molar-refractivity contribution in [1.82, 2.24) is 0 Å². The van der Waals surface area contributed by atoms with E-state index >= 15 is 0 Å². The number of amides is 1. The number of anilines is 1. The van der Waals surface area contributed by atoms with Crippen molar-refractivity contribution in [1.29, 1.82) is 0 Å². The Kier molecular flexibility index (Phi) is 4.33. The summed E-state index contributed by atoms with van der Waals surface area (Å²) in [6, 6.07) is 4.89. The number of hydrogen-bond donors (Lipinski definition) is 2. The number of hydrogen-bond acceptors (Lipinski definition) is 4. The van der Waals surface area contributed by atoms with Gasteiger partial charge in [-0.3, -0.25) is 4.79 Å². The Hall–Kier alpha value is -2.24. The second kappa shape index (κ2) is 5.74. The number of carboxylic acid groups (broad SMARTS) is 1. The van der Waals surface area contributed by atoms with Crippen LogP contribution in [0.2, 0.25) is 0 Å². The summed E-state index contributed by atoms with van der Waals surface area (Å²) >= 11 is 0. The smallest absolute Gasteiger partial charge is 0.495 e. The Labute approximate surface area is 98.2 Å². The molecule has 0 heterocycles. The normalized spacial score (nSPS) is 9.53. The van der Waals surface area contributed by atoms with Gasteiger partial charge >= 0.3 is 6.16 Å². The second-order valence-corrected chi connectivity index (χ2v) is 3.27. The largest absolute Gasteiger partial charge is 0.506 e. The molecule has 6 heteroatoms. The molecule has 17 heavy (non-hydrogen) atoms. The summed E-state index contributed by atoms with van der Waals surface area (Å²) in [7, 11) is 1.48. The van der Waals surface area contributed by atoms with Crippen LogP contribution in [-0.4, -0.2) is 24.3 Å². The molecule has 0 fully saturated rings. The van der Waals surface area contributed by atoms with Crippen LogP contribution in [0, 0.1) is 0 Å². The average molecular weight is 239 g/mol. The predicted octanol–water partition coefficient (Wildman–Crippen LogP) is 1.85. The maximum absolute atomic E-state index is 11.0. The molecule has 92 valence electrons. The summed E-state index contributed by atoms with van der Waals surface area (Å²) in [6.45, 7) is 1.30. The third kappa shape index (κ3) is 4.02. The SMILES string of the molecule is COc1ccc(COC(=O)O)cc1NC(C)=O. The summed E-state index contributed by atoms with van der Waals surface area (Å²) in [5.74, 6) is 0.263. The minimum atomic E-state index is -1.35. The molecule has 1 aromatic carbocycles. The summed E-state index contributed by atoms with van der Waals surface area (Å²) in [5.41, 5.74) is 1.10. The molecule has 0 bridgehead atoms. The van der Waals surface area contributed by atoms with E-state index in [0.717, 1.165) is 0 Å². The van der Waals surface area contributed by atoms with Crippen LogP contribution in [0.4, 0.5) is 10.5 Å². The van der Waals surface area contributed by atoms with Crippen molar-refractivity contribution >= 4 is 17.7 Å². The van der Waals surface area contributed by atoms with E-state index in [2.05, 4.69) is 10.1 Å². The molecule has 0 aliphatic carbocycles. The Bertz CT molecular complexity index is 430. The maximum atomic E-state index is 11.0. The van der Waals surface area contributed by atoms with Crippen molar-refractivity contribution in [3.05, 3.63) is 23.8 Å². The van der Waals surface area contributed by atoms with Gasteiger partial charge in [-0.2, -0.15) is 0 Å². The second-order valence-electron chi connectivity index (χ2n) is 3.27. The van der Waals surface area contributed by atoms with E-state index in [1.807, 2.05) is 0 Å². The van der Waals surface area contributed by atoms with Gasteiger partial charge in [0.25, 0.3) is 0 Å². The molecule has 0 saturated heterocycles. The Morgan fingerprint density at radius 2 is 2.12 bits per heavy atom. The van der Waals surface area contributed by atoms with Crippen molar-refractivity contribution in [2.24, 2.45) is 0 Å². The van der Waals surface area contributed by atoms with Gasteiger partial charge in [0.2, 0.25) is 5.91 Å². The lowest BCUT2D eigenvalue weighted by Crippen LogP contribution is -2.08. The monoisotopic (exact) mass is 239 g/mol. The van der Waals surface area contributed by atoms with Gasteiger partial charge in [-0.05, 0) is 17.7 Å². The highest BCUT2D eigenvalue weighted by atomic mass is 16.7. The van der Waals surface area contributed by atoms with Gasteiger partial charge in [0.15, 0.2) is 0 Å². The molecule has 1 amide bonds. The third-order valence-corrected chi connectivity index (χ3v) is 1.94. The molecular formula is C11H13NO5.